The summed E-state index contributed by atoms with van der Waals surface area (Å²) in [5.41, 5.74) is 5.96. The Labute approximate surface area is 162 Å². The van der Waals surface area contributed by atoms with Gasteiger partial charge in [0.05, 0.1) is 5.92 Å². The Morgan fingerprint density at radius 2 is 1.81 bits per heavy atom. The van der Waals surface area contributed by atoms with E-state index in [1.54, 1.807) is 4.90 Å². The predicted octanol–water partition coefficient (Wildman–Crippen LogP) is 4.67. The Kier molecular flexibility index (Phi) is 5.19. The van der Waals surface area contributed by atoms with Gasteiger partial charge in [0.25, 0.3) is 0 Å². The highest BCUT2D eigenvalue weighted by molar-refractivity contribution is 9.10. The summed E-state index contributed by atoms with van der Waals surface area (Å²) >= 11 is 3.50. The highest BCUT2D eigenvalue weighted by Gasteiger charge is 2.35. The minimum atomic E-state index is -0.341. The van der Waals surface area contributed by atoms with Crippen LogP contribution in [0.15, 0.2) is 34.8 Å². The summed E-state index contributed by atoms with van der Waals surface area (Å²) in [7, 11) is 0. The van der Waals surface area contributed by atoms with Crippen LogP contribution in [0.4, 0.5) is 11.4 Å². The molecule has 2 aromatic rings. The average molecular weight is 415 g/mol. The zero-order valence-electron chi connectivity index (χ0n) is 15.5. The molecule has 1 aliphatic rings. The number of hydrogen-bond donors (Lipinski definition) is 1. The molecule has 0 bridgehead atoms. The van der Waals surface area contributed by atoms with Crippen molar-refractivity contribution in [2.24, 2.45) is 5.92 Å². The van der Waals surface area contributed by atoms with Crippen LogP contribution in [0.3, 0.4) is 0 Å². The molecule has 0 aliphatic carbocycles. The van der Waals surface area contributed by atoms with Crippen molar-refractivity contribution in [1.29, 1.82) is 0 Å². The largest absolute Gasteiger partial charge is 0.326 e. The standard InChI is InChI=1S/C21H23BrN2O2/c1-12-5-6-19(15(4)7-12)24-11-16(10-20(24)25)21(26)23-18-9-13(2)17(22)8-14(18)3/h5-9,16H,10-11H2,1-4H3,(H,23,26)/t16-/m1/s1. The van der Waals surface area contributed by atoms with Gasteiger partial charge in [-0.3, -0.25) is 9.59 Å². The van der Waals surface area contributed by atoms with Gasteiger partial charge in [0.1, 0.15) is 0 Å². The molecule has 5 heteroatoms. The molecule has 1 fully saturated rings. The molecule has 1 aliphatic heterocycles. The molecule has 0 radical (unpaired) electrons. The molecule has 1 atom stereocenters. The first-order chi connectivity index (χ1) is 12.3. The van der Waals surface area contributed by atoms with Crippen LogP contribution in [0, 0.1) is 33.6 Å². The number of carbonyl (C=O) groups is 2. The van der Waals surface area contributed by atoms with Crippen LogP contribution in [0.25, 0.3) is 0 Å². The van der Waals surface area contributed by atoms with Gasteiger partial charge in [0.2, 0.25) is 11.8 Å². The van der Waals surface area contributed by atoms with Crippen molar-refractivity contribution in [1.82, 2.24) is 0 Å². The lowest BCUT2D eigenvalue weighted by Crippen LogP contribution is -2.28. The second-order valence-electron chi connectivity index (χ2n) is 7.10. The molecule has 0 unspecified atom stereocenters. The first-order valence-corrected chi connectivity index (χ1v) is 9.51. The van der Waals surface area contributed by atoms with E-state index in [1.165, 1.54) is 0 Å². The molecule has 2 amide bonds. The monoisotopic (exact) mass is 414 g/mol. The van der Waals surface area contributed by atoms with Gasteiger partial charge in [-0.25, -0.2) is 0 Å². The lowest BCUT2D eigenvalue weighted by Gasteiger charge is -2.19. The third kappa shape index (κ3) is 3.68. The Hall–Kier alpha value is -2.14. The van der Waals surface area contributed by atoms with Crippen LogP contribution < -0.4 is 10.2 Å². The fourth-order valence-corrected chi connectivity index (χ4v) is 3.83. The first kappa shape index (κ1) is 18.6. The van der Waals surface area contributed by atoms with E-state index in [9.17, 15) is 9.59 Å². The normalized spacial score (nSPS) is 16.9. The second kappa shape index (κ2) is 7.23. The number of carbonyl (C=O) groups excluding carboxylic acids is 2. The number of nitrogens with zero attached hydrogens (tertiary/aromatic N) is 1. The smallest absolute Gasteiger partial charge is 0.229 e. The third-order valence-electron chi connectivity index (χ3n) is 4.90. The average Bonchev–Trinajstić information content (AvgIpc) is 2.94. The molecule has 26 heavy (non-hydrogen) atoms. The van der Waals surface area contributed by atoms with E-state index < -0.39 is 0 Å². The Morgan fingerprint density at radius 1 is 1.08 bits per heavy atom. The molecule has 3 rings (SSSR count). The quantitative estimate of drug-likeness (QED) is 0.792. The molecule has 4 nitrogen and oxygen atoms in total. The van der Waals surface area contributed by atoms with Crippen LogP contribution in [-0.2, 0) is 9.59 Å². The van der Waals surface area contributed by atoms with Gasteiger partial charge in [-0.1, -0.05) is 33.6 Å². The lowest BCUT2D eigenvalue weighted by atomic mass is 10.1. The maximum Gasteiger partial charge on any atom is 0.229 e. The van der Waals surface area contributed by atoms with Crippen LogP contribution in [-0.4, -0.2) is 18.4 Å². The molecule has 2 aromatic carbocycles. The van der Waals surface area contributed by atoms with Crippen molar-refractivity contribution in [3.8, 4) is 0 Å². The summed E-state index contributed by atoms with van der Waals surface area (Å²) in [4.78, 5) is 26.9. The predicted molar refractivity (Wildman–Crippen MR) is 109 cm³/mol. The molecular formula is C21H23BrN2O2. The fraction of sp³-hybridized carbons (Fsp3) is 0.333. The van der Waals surface area contributed by atoms with E-state index in [1.807, 2.05) is 52.0 Å². The number of aryl methyl sites for hydroxylation is 4. The van der Waals surface area contributed by atoms with Gasteiger partial charge in [0.15, 0.2) is 0 Å². The SMILES string of the molecule is Cc1ccc(N2C[C@H](C(=O)Nc3cc(C)c(Br)cc3C)CC2=O)c(C)c1. The summed E-state index contributed by atoms with van der Waals surface area (Å²) in [5.74, 6) is -0.442. The molecular weight excluding hydrogens is 392 g/mol. The van der Waals surface area contributed by atoms with E-state index in [-0.39, 0.29) is 24.2 Å². The summed E-state index contributed by atoms with van der Waals surface area (Å²) in [6, 6.07) is 9.97. The third-order valence-corrected chi connectivity index (χ3v) is 5.76. The van der Waals surface area contributed by atoms with Gasteiger partial charge < -0.3 is 10.2 Å². The summed E-state index contributed by atoms with van der Waals surface area (Å²) in [6.07, 6.45) is 0.244. The number of rotatable bonds is 3. The zero-order chi connectivity index (χ0) is 19.0. The number of benzene rings is 2. The van der Waals surface area contributed by atoms with Crippen molar-refractivity contribution < 1.29 is 9.59 Å². The number of anilines is 2. The summed E-state index contributed by atoms with van der Waals surface area (Å²) in [5, 5.41) is 3.00. The highest BCUT2D eigenvalue weighted by atomic mass is 79.9. The Balaban J connectivity index is 1.76. The second-order valence-corrected chi connectivity index (χ2v) is 7.96. The van der Waals surface area contributed by atoms with Crippen LogP contribution in [0.5, 0.6) is 0 Å². The van der Waals surface area contributed by atoms with Crippen LogP contribution in [0.1, 0.15) is 28.7 Å². The van der Waals surface area contributed by atoms with Crippen molar-refractivity contribution in [3.05, 3.63) is 57.1 Å². The van der Waals surface area contributed by atoms with E-state index in [4.69, 9.17) is 0 Å². The number of amides is 2. The number of nitrogens with one attached hydrogen (secondary N) is 1. The molecule has 1 heterocycles. The molecule has 0 spiro atoms. The zero-order valence-corrected chi connectivity index (χ0v) is 17.1. The summed E-state index contributed by atoms with van der Waals surface area (Å²) in [6.45, 7) is 8.39. The highest BCUT2D eigenvalue weighted by Crippen LogP contribution is 2.30. The maximum atomic E-state index is 12.7. The Bertz CT molecular complexity index is 892. The lowest BCUT2D eigenvalue weighted by molar-refractivity contribution is -0.122. The van der Waals surface area contributed by atoms with E-state index in [2.05, 4.69) is 27.3 Å². The molecule has 136 valence electrons. The molecule has 1 N–H and O–H groups in total. The minimum absolute atomic E-state index is 0.000752. The summed E-state index contributed by atoms with van der Waals surface area (Å²) < 4.78 is 1.02. The molecule has 1 saturated heterocycles. The van der Waals surface area contributed by atoms with Crippen molar-refractivity contribution >= 4 is 39.1 Å². The first-order valence-electron chi connectivity index (χ1n) is 8.71. The maximum absolute atomic E-state index is 12.7. The van der Waals surface area contributed by atoms with E-state index >= 15 is 0 Å². The van der Waals surface area contributed by atoms with Crippen LogP contribution >= 0.6 is 15.9 Å². The minimum Gasteiger partial charge on any atom is -0.326 e. The van der Waals surface area contributed by atoms with Crippen molar-refractivity contribution in [2.45, 2.75) is 34.1 Å². The fourth-order valence-electron chi connectivity index (χ4n) is 3.37. The van der Waals surface area contributed by atoms with Gasteiger partial charge in [-0.05, 0) is 62.6 Å². The van der Waals surface area contributed by atoms with Gasteiger partial charge in [-0.2, -0.15) is 0 Å². The van der Waals surface area contributed by atoms with Crippen molar-refractivity contribution in [2.75, 3.05) is 16.8 Å². The van der Waals surface area contributed by atoms with Crippen molar-refractivity contribution in [3.63, 3.8) is 0 Å². The molecule has 0 saturated carbocycles. The van der Waals surface area contributed by atoms with E-state index in [0.29, 0.717) is 6.54 Å². The number of halogens is 1. The van der Waals surface area contributed by atoms with Crippen LogP contribution in [0.2, 0.25) is 0 Å². The van der Waals surface area contributed by atoms with Gasteiger partial charge in [0, 0.05) is 28.8 Å². The Morgan fingerprint density at radius 3 is 2.50 bits per heavy atom. The topological polar surface area (TPSA) is 49.4 Å². The molecule has 0 aromatic heterocycles. The number of hydrogen-bond acceptors (Lipinski definition) is 2. The van der Waals surface area contributed by atoms with Gasteiger partial charge in [-0.15, -0.1) is 0 Å². The van der Waals surface area contributed by atoms with E-state index in [0.717, 1.165) is 38.1 Å². The van der Waals surface area contributed by atoms with Gasteiger partial charge >= 0.3 is 0 Å².